The summed E-state index contributed by atoms with van der Waals surface area (Å²) in [7, 11) is 0. The van der Waals surface area contributed by atoms with E-state index in [1.54, 1.807) is 12.1 Å². The minimum atomic E-state index is -0.364. The molecule has 1 aliphatic heterocycles. The molecule has 5 heteroatoms. The molecule has 2 rings (SSSR count). The normalized spacial score (nSPS) is 26.1. The van der Waals surface area contributed by atoms with Gasteiger partial charge in [0.25, 0.3) is 5.69 Å². The Bertz CT molecular complexity index is 447. The summed E-state index contributed by atoms with van der Waals surface area (Å²) in [5.74, 6) is 0. The van der Waals surface area contributed by atoms with Crippen LogP contribution in [-0.2, 0) is 0 Å². The molecule has 3 unspecified atom stereocenters. The third-order valence-corrected chi connectivity index (χ3v) is 4.05. The van der Waals surface area contributed by atoms with Gasteiger partial charge < -0.3 is 5.73 Å². The van der Waals surface area contributed by atoms with Crippen LogP contribution in [0, 0.1) is 10.1 Å². The number of hydrogen-bond donors (Lipinski definition) is 1. The number of non-ortho nitro benzene ring substituents is 1. The van der Waals surface area contributed by atoms with E-state index in [2.05, 4.69) is 18.7 Å². The van der Waals surface area contributed by atoms with Crippen molar-refractivity contribution in [3.8, 4) is 0 Å². The maximum Gasteiger partial charge on any atom is 0.269 e. The number of nitrogens with two attached hydrogens (primary N) is 1. The van der Waals surface area contributed by atoms with Crippen molar-refractivity contribution >= 4 is 5.69 Å². The van der Waals surface area contributed by atoms with E-state index in [1.807, 2.05) is 12.1 Å². The van der Waals surface area contributed by atoms with Gasteiger partial charge in [-0.15, -0.1) is 0 Å². The molecule has 0 radical (unpaired) electrons. The fourth-order valence-electron chi connectivity index (χ4n) is 2.87. The van der Waals surface area contributed by atoms with Gasteiger partial charge in [0.15, 0.2) is 0 Å². The molecule has 0 aromatic heterocycles. The Balaban J connectivity index is 2.10. The number of rotatable bonds is 3. The van der Waals surface area contributed by atoms with E-state index in [9.17, 15) is 10.1 Å². The van der Waals surface area contributed by atoms with Crippen LogP contribution in [0.15, 0.2) is 24.3 Å². The first-order chi connectivity index (χ1) is 8.99. The Labute approximate surface area is 113 Å². The molecule has 3 atom stereocenters. The van der Waals surface area contributed by atoms with Gasteiger partial charge in [-0.3, -0.25) is 15.0 Å². The predicted molar refractivity (Wildman–Crippen MR) is 74.9 cm³/mol. The highest BCUT2D eigenvalue weighted by atomic mass is 16.6. The zero-order valence-electron chi connectivity index (χ0n) is 11.5. The Morgan fingerprint density at radius 1 is 1.42 bits per heavy atom. The van der Waals surface area contributed by atoms with Crippen molar-refractivity contribution in [2.45, 2.75) is 44.8 Å². The topological polar surface area (TPSA) is 72.4 Å². The van der Waals surface area contributed by atoms with Crippen molar-refractivity contribution in [2.24, 2.45) is 5.73 Å². The highest BCUT2D eigenvalue weighted by Gasteiger charge is 2.27. The van der Waals surface area contributed by atoms with Gasteiger partial charge in [-0.1, -0.05) is 12.1 Å². The number of piperidine rings is 1. The molecule has 19 heavy (non-hydrogen) atoms. The van der Waals surface area contributed by atoms with Gasteiger partial charge in [0, 0.05) is 36.8 Å². The third kappa shape index (κ3) is 3.11. The van der Waals surface area contributed by atoms with E-state index in [1.165, 1.54) is 0 Å². The number of benzene rings is 1. The Morgan fingerprint density at radius 3 is 2.58 bits per heavy atom. The van der Waals surface area contributed by atoms with Gasteiger partial charge in [-0.05, 0) is 32.3 Å². The summed E-state index contributed by atoms with van der Waals surface area (Å²) in [5, 5.41) is 10.7. The molecule has 1 aromatic rings. The molecule has 0 aliphatic carbocycles. The Kier molecular flexibility index (Phi) is 4.17. The molecule has 0 saturated carbocycles. The molecular weight excluding hydrogens is 242 g/mol. The average molecular weight is 263 g/mol. The summed E-state index contributed by atoms with van der Waals surface area (Å²) in [4.78, 5) is 12.7. The zero-order valence-corrected chi connectivity index (χ0v) is 11.5. The number of nitrogens with zero attached hydrogens (tertiary/aromatic N) is 2. The van der Waals surface area contributed by atoms with Crippen LogP contribution < -0.4 is 5.73 Å². The summed E-state index contributed by atoms with van der Waals surface area (Å²) >= 11 is 0. The zero-order chi connectivity index (χ0) is 14.0. The second-order valence-electron chi connectivity index (χ2n) is 5.40. The molecule has 2 N–H and O–H groups in total. The number of likely N-dealkylation sites (tertiary alicyclic amines) is 1. The smallest absolute Gasteiger partial charge is 0.269 e. The fourth-order valence-corrected chi connectivity index (χ4v) is 2.87. The van der Waals surface area contributed by atoms with Crippen LogP contribution in [0.4, 0.5) is 5.69 Å². The Hall–Kier alpha value is -1.46. The van der Waals surface area contributed by atoms with Crippen molar-refractivity contribution in [2.75, 3.05) is 6.54 Å². The summed E-state index contributed by atoms with van der Waals surface area (Å²) in [6.45, 7) is 5.33. The van der Waals surface area contributed by atoms with E-state index >= 15 is 0 Å². The number of nitro benzene ring substituents is 1. The van der Waals surface area contributed by atoms with Crippen LogP contribution in [-0.4, -0.2) is 28.5 Å². The van der Waals surface area contributed by atoms with E-state index in [-0.39, 0.29) is 16.7 Å². The standard InChI is InChI=1S/C14H21N3O2/c1-10-9-13(15)7-8-16(10)11(2)12-3-5-14(6-4-12)17(18)19/h3-6,10-11,13H,7-9,15H2,1-2H3. The lowest BCUT2D eigenvalue weighted by atomic mass is 9.95. The van der Waals surface area contributed by atoms with Crippen LogP contribution in [0.2, 0.25) is 0 Å². The first kappa shape index (κ1) is 14.0. The summed E-state index contributed by atoms with van der Waals surface area (Å²) in [5.41, 5.74) is 7.24. The van der Waals surface area contributed by atoms with Crippen molar-refractivity contribution < 1.29 is 4.92 Å². The lowest BCUT2D eigenvalue weighted by Crippen LogP contribution is -2.46. The molecule has 1 aliphatic rings. The average Bonchev–Trinajstić information content (AvgIpc) is 2.38. The number of hydrogen-bond acceptors (Lipinski definition) is 4. The second-order valence-corrected chi connectivity index (χ2v) is 5.40. The number of nitro groups is 1. The summed E-state index contributed by atoms with van der Waals surface area (Å²) in [6.07, 6.45) is 2.03. The molecule has 1 heterocycles. The molecule has 0 bridgehead atoms. The lowest BCUT2D eigenvalue weighted by Gasteiger charge is -2.40. The fraction of sp³-hybridized carbons (Fsp3) is 0.571. The van der Waals surface area contributed by atoms with Crippen LogP contribution in [0.1, 0.15) is 38.3 Å². The largest absolute Gasteiger partial charge is 0.328 e. The van der Waals surface area contributed by atoms with Crippen molar-refractivity contribution in [1.82, 2.24) is 4.90 Å². The molecule has 1 saturated heterocycles. The molecule has 1 fully saturated rings. The SMILES string of the molecule is CC1CC(N)CCN1C(C)c1ccc([N+](=O)[O-])cc1. The monoisotopic (exact) mass is 263 g/mol. The van der Waals surface area contributed by atoms with Gasteiger partial charge in [0.05, 0.1) is 4.92 Å². The summed E-state index contributed by atoms with van der Waals surface area (Å²) < 4.78 is 0. The van der Waals surface area contributed by atoms with E-state index < -0.39 is 0 Å². The van der Waals surface area contributed by atoms with Crippen molar-refractivity contribution in [1.29, 1.82) is 0 Å². The van der Waals surface area contributed by atoms with E-state index in [0.29, 0.717) is 12.1 Å². The highest BCUT2D eigenvalue weighted by Crippen LogP contribution is 2.28. The van der Waals surface area contributed by atoms with Crippen LogP contribution in [0.25, 0.3) is 0 Å². The molecule has 1 aromatic carbocycles. The van der Waals surface area contributed by atoms with Gasteiger partial charge in [0.2, 0.25) is 0 Å². The first-order valence-electron chi connectivity index (χ1n) is 6.74. The van der Waals surface area contributed by atoms with Gasteiger partial charge in [0.1, 0.15) is 0 Å². The van der Waals surface area contributed by atoms with Crippen LogP contribution >= 0.6 is 0 Å². The lowest BCUT2D eigenvalue weighted by molar-refractivity contribution is -0.384. The molecule has 0 amide bonds. The summed E-state index contributed by atoms with van der Waals surface area (Å²) in [6, 6.07) is 7.87. The van der Waals surface area contributed by atoms with E-state index in [4.69, 9.17) is 5.73 Å². The second kappa shape index (κ2) is 5.67. The van der Waals surface area contributed by atoms with E-state index in [0.717, 1.165) is 24.9 Å². The quantitative estimate of drug-likeness (QED) is 0.671. The van der Waals surface area contributed by atoms with Gasteiger partial charge in [-0.2, -0.15) is 0 Å². The van der Waals surface area contributed by atoms with Crippen molar-refractivity contribution in [3.63, 3.8) is 0 Å². The first-order valence-corrected chi connectivity index (χ1v) is 6.74. The Morgan fingerprint density at radius 2 is 2.05 bits per heavy atom. The minimum absolute atomic E-state index is 0.143. The maximum absolute atomic E-state index is 10.7. The van der Waals surface area contributed by atoms with Gasteiger partial charge in [-0.25, -0.2) is 0 Å². The third-order valence-electron chi connectivity index (χ3n) is 4.05. The molecule has 0 spiro atoms. The van der Waals surface area contributed by atoms with Crippen LogP contribution in [0.5, 0.6) is 0 Å². The predicted octanol–water partition coefficient (Wildman–Crippen LogP) is 2.47. The van der Waals surface area contributed by atoms with Crippen molar-refractivity contribution in [3.05, 3.63) is 39.9 Å². The van der Waals surface area contributed by atoms with Gasteiger partial charge >= 0.3 is 0 Å². The van der Waals surface area contributed by atoms with Crippen LogP contribution in [0.3, 0.4) is 0 Å². The molecular formula is C14H21N3O2. The molecule has 104 valence electrons. The highest BCUT2D eigenvalue weighted by molar-refractivity contribution is 5.34. The molecule has 5 nitrogen and oxygen atoms in total. The minimum Gasteiger partial charge on any atom is -0.328 e. The maximum atomic E-state index is 10.7.